The van der Waals surface area contributed by atoms with Crippen LogP contribution in [-0.2, 0) is 0 Å². The van der Waals surface area contributed by atoms with E-state index in [1.807, 2.05) is 42.5 Å². The van der Waals surface area contributed by atoms with Crippen molar-refractivity contribution in [2.75, 3.05) is 0 Å². The molecule has 4 heteroatoms. The van der Waals surface area contributed by atoms with E-state index < -0.39 is 0 Å². The van der Waals surface area contributed by atoms with Crippen LogP contribution in [0.2, 0.25) is 0 Å². The van der Waals surface area contributed by atoms with Gasteiger partial charge in [0.2, 0.25) is 0 Å². The number of furan rings is 2. The number of hydrogen-bond acceptors (Lipinski definition) is 4. The number of hydrogen-bond donors (Lipinski definition) is 0. The van der Waals surface area contributed by atoms with Gasteiger partial charge in [-0.15, -0.1) is 0 Å². The van der Waals surface area contributed by atoms with Crippen molar-refractivity contribution in [3.8, 4) is 56.6 Å². The largest absolute Gasteiger partial charge is 0.456 e. The minimum atomic E-state index is 0.674. The second-order valence-electron chi connectivity index (χ2n) is 19.1. The summed E-state index contributed by atoms with van der Waals surface area (Å²) in [5.74, 6) is 0. The number of nitriles is 2. The van der Waals surface area contributed by atoms with E-state index in [1.165, 1.54) is 81.7 Å². The molecule has 0 N–H and O–H groups in total. The summed E-state index contributed by atoms with van der Waals surface area (Å²) in [6.45, 7) is 0. The highest BCUT2D eigenvalue weighted by Crippen LogP contribution is 2.40. The van der Waals surface area contributed by atoms with Gasteiger partial charge in [-0.1, -0.05) is 152 Å². The second-order valence-corrected chi connectivity index (χ2v) is 19.1. The molecule has 0 saturated carbocycles. The molecule has 13 aromatic carbocycles. The highest BCUT2D eigenvalue weighted by Gasteiger charge is 2.15. The van der Waals surface area contributed by atoms with E-state index in [9.17, 15) is 10.5 Å². The van der Waals surface area contributed by atoms with Gasteiger partial charge < -0.3 is 8.83 Å². The SMILES string of the molecule is N#Cc1ccc2cc(-c3ccc4cc(-c5ccc6c(c5)oc5ccc7ccccc7c56)ccc4c3)ccc2c1.N#Cc1cccc(-c2ccc3cc(-c4ccc5oc6ccc7ccccc7c6c5c4)ccc3c2)c1. The Bertz CT molecular complexity index is 4890. The number of nitrogens with zero attached hydrogens (tertiary/aromatic N) is 2. The predicted octanol–water partition coefficient (Wildman–Crippen LogP) is 19.3. The minimum absolute atomic E-state index is 0.674. The zero-order valence-corrected chi connectivity index (χ0v) is 39.8. The smallest absolute Gasteiger partial charge is 0.136 e. The number of benzene rings is 13. The highest BCUT2D eigenvalue weighted by molar-refractivity contribution is 6.20. The van der Waals surface area contributed by atoms with Crippen LogP contribution in [0.5, 0.6) is 0 Å². The van der Waals surface area contributed by atoms with Crippen molar-refractivity contribution >= 4 is 97.7 Å². The van der Waals surface area contributed by atoms with Gasteiger partial charge in [-0.05, 0) is 189 Å². The highest BCUT2D eigenvalue weighted by atomic mass is 16.3. The third kappa shape index (κ3) is 7.38. The summed E-state index contributed by atoms with van der Waals surface area (Å²) in [6.07, 6.45) is 0. The zero-order chi connectivity index (χ0) is 49.3. The number of fused-ring (bicyclic) bond motifs is 13. The van der Waals surface area contributed by atoms with Crippen molar-refractivity contribution in [3.63, 3.8) is 0 Å². The lowest BCUT2D eigenvalue weighted by molar-refractivity contribution is 0.669. The minimum Gasteiger partial charge on any atom is -0.456 e. The predicted molar refractivity (Wildman–Crippen MR) is 306 cm³/mol. The van der Waals surface area contributed by atoms with Gasteiger partial charge in [0.1, 0.15) is 22.3 Å². The third-order valence-electron chi connectivity index (χ3n) is 14.7. The molecule has 0 amide bonds. The summed E-state index contributed by atoms with van der Waals surface area (Å²) >= 11 is 0. The Morgan fingerprint density at radius 3 is 1.18 bits per heavy atom. The van der Waals surface area contributed by atoms with Crippen molar-refractivity contribution in [2.24, 2.45) is 0 Å². The summed E-state index contributed by atoms with van der Waals surface area (Å²) in [6, 6.07) is 89.1. The van der Waals surface area contributed by atoms with Crippen molar-refractivity contribution in [3.05, 3.63) is 254 Å². The summed E-state index contributed by atoms with van der Waals surface area (Å²) in [7, 11) is 0. The van der Waals surface area contributed by atoms with Crippen LogP contribution in [0.1, 0.15) is 11.1 Å². The fraction of sp³-hybridized carbons (Fsp3) is 0. The van der Waals surface area contributed by atoms with Crippen molar-refractivity contribution < 1.29 is 8.83 Å². The molecule has 74 heavy (non-hydrogen) atoms. The molecule has 0 bridgehead atoms. The molecule has 342 valence electrons. The molecule has 15 rings (SSSR count). The van der Waals surface area contributed by atoms with Gasteiger partial charge in [0.25, 0.3) is 0 Å². The third-order valence-corrected chi connectivity index (χ3v) is 14.7. The monoisotopic (exact) mass is 940 g/mol. The molecule has 0 radical (unpaired) electrons. The van der Waals surface area contributed by atoms with Crippen LogP contribution in [-0.4, -0.2) is 0 Å². The first-order valence-corrected chi connectivity index (χ1v) is 24.7. The Hall–Kier alpha value is -10.3. The van der Waals surface area contributed by atoms with Gasteiger partial charge in [-0.25, -0.2) is 0 Å². The molecule has 4 nitrogen and oxygen atoms in total. The van der Waals surface area contributed by atoms with Crippen molar-refractivity contribution in [2.45, 2.75) is 0 Å². The molecule has 0 aliphatic carbocycles. The van der Waals surface area contributed by atoms with Crippen LogP contribution in [0.25, 0.3) is 142 Å². The Morgan fingerprint density at radius 2 is 0.622 bits per heavy atom. The molecule has 0 spiro atoms. The van der Waals surface area contributed by atoms with Gasteiger partial charge in [-0.2, -0.15) is 10.5 Å². The molecule has 0 atom stereocenters. The van der Waals surface area contributed by atoms with E-state index in [1.54, 1.807) is 0 Å². The average molecular weight is 941 g/mol. The molecule has 0 aliphatic heterocycles. The quantitative estimate of drug-likeness (QED) is 0.176. The molecule has 0 aliphatic rings. The first-order chi connectivity index (χ1) is 36.5. The van der Waals surface area contributed by atoms with Crippen LogP contribution in [0.4, 0.5) is 0 Å². The maximum Gasteiger partial charge on any atom is 0.136 e. The summed E-state index contributed by atoms with van der Waals surface area (Å²) in [5.41, 5.74) is 14.2. The summed E-state index contributed by atoms with van der Waals surface area (Å²) in [4.78, 5) is 0. The normalized spacial score (nSPS) is 11.5. The fourth-order valence-corrected chi connectivity index (χ4v) is 10.9. The van der Waals surface area contributed by atoms with Gasteiger partial charge in [0, 0.05) is 21.5 Å². The van der Waals surface area contributed by atoms with Gasteiger partial charge in [0.05, 0.1) is 23.3 Å². The maximum atomic E-state index is 9.23. The van der Waals surface area contributed by atoms with Gasteiger partial charge >= 0.3 is 0 Å². The summed E-state index contributed by atoms with van der Waals surface area (Å²) in [5, 5.41) is 34.9. The summed E-state index contributed by atoms with van der Waals surface area (Å²) < 4.78 is 12.5. The molecule has 0 saturated heterocycles. The van der Waals surface area contributed by atoms with Crippen LogP contribution < -0.4 is 0 Å². The van der Waals surface area contributed by atoms with Crippen molar-refractivity contribution in [1.82, 2.24) is 0 Å². The lowest BCUT2D eigenvalue weighted by Gasteiger charge is -2.08. The molecule has 15 aromatic rings. The molecule has 0 fully saturated rings. The van der Waals surface area contributed by atoms with E-state index in [0.29, 0.717) is 11.1 Å². The van der Waals surface area contributed by atoms with Crippen molar-refractivity contribution in [1.29, 1.82) is 10.5 Å². The van der Waals surface area contributed by atoms with Crippen LogP contribution in [0, 0.1) is 22.7 Å². The van der Waals surface area contributed by atoms with E-state index in [4.69, 9.17) is 8.83 Å². The first kappa shape index (κ1) is 42.6. The van der Waals surface area contributed by atoms with Crippen LogP contribution in [0.15, 0.2) is 251 Å². The zero-order valence-electron chi connectivity index (χ0n) is 39.8. The van der Waals surface area contributed by atoms with E-state index in [0.717, 1.165) is 60.6 Å². The Balaban J connectivity index is 0.000000137. The second kappa shape index (κ2) is 17.3. The van der Waals surface area contributed by atoms with Gasteiger partial charge in [-0.3, -0.25) is 0 Å². The van der Waals surface area contributed by atoms with E-state index in [-0.39, 0.29) is 0 Å². The first-order valence-electron chi connectivity index (χ1n) is 24.7. The molecular weight excluding hydrogens is 901 g/mol. The van der Waals surface area contributed by atoms with Crippen LogP contribution >= 0.6 is 0 Å². The maximum absolute atomic E-state index is 9.23. The Labute approximate surface area is 425 Å². The fourth-order valence-electron chi connectivity index (χ4n) is 10.9. The van der Waals surface area contributed by atoms with Crippen LogP contribution in [0.3, 0.4) is 0 Å². The van der Waals surface area contributed by atoms with E-state index in [2.05, 4.69) is 212 Å². The topological polar surface area (TPSA) is 73.9 Å². The molecular formula is C70H40N2O2. The Kier molecular flexibility index (Phi) is 9.93. The molecule has 2 aromatic heterocycles. The van der Waals surface area contributed by atoms with E-state index >= 15 is 0 Å². The molecule has 2 heterocycles. The lowest BCUT2D eigenvalue weighted by atomic mass is 9.96. The molecule has 0 unspecified atom stereocenters. The lowest BCUT2D eigenvalue weighted by Crippen LogP contribution is -1.83. The Morgan fingerprint density at radius 1 is 0.230 bits per heavy atom. The van der Waals surface area contributed by atoms with Gasteiger partial charge in [0.15, 0.2) is 0 Å². The standard InChI is InChI=1S/C37H21NO.C33H19NO/c38-22-23-5-6-26-18-27(8-7-25(26)17-23)28-9-10-30-20-31(12-11-29(30)19-28)32-13-15-34-36(21-32)39-35-16-14-24-3-1-2-4-33(24)37(34)35;34-20-21-4-3-6-23(16-21)24-8-9-26-18-27(11-10-25(26)17-24)28-13-14-31-30(19-28)33-29-7-2-1-5-22(29)12-15-32(33)35-31/h1-21H;1-19H. The average Bonchev–Trinajstić information content (AvgIpc) is 4.05. The number of rotatable bonds is 4.